The quantitative estimate of drug-likeness (QED) is 0.747. The molecule has 0 unspecified atom stereocenters. The van der Waals surface area contributed by atoms with Gasteiger partial charge in [0.05, 0.1) is 0 Å². The number of amides is 1. The van der Waals surface area contributed by atoms with Crippen molar-refractivity contribution in [2.45, 2.75) is 6.54 Å². The van der Waals surface area contributed by atoms with Gasteiger partial charge >= 0.3 is 0 Å². The Labute approximate surface area is 117 Å². The Hall–Kier alpha value is -2.75. The molecule has 2 aromatic carbocycles. The number of aromatic hydroxyl groups is 2. The first-order valence-electron chi connectivity index (χ1n) is 6.17. The maximum absolute atomic E-state index is 11.6. The van der Waals surface area contributed by atoms with Crippen LogP contribution in [0.4, 0.5) is 0 Å². The second-order valence-electron chi connectivity index (χ2n) is 4.28. The van der Waals surface area contributed by atoms with Crippen LogP contribution in [0.5, 0.6) is 11.5 Å². The normalized spacial score (nSPS) is 10.6. The Kier molecular flexibility index (Phi) is 4.39. The summed E-state index contributed by atoms with van der Waals surface area (Å²) in [6.07, 6.45) is 2.93. The number of phenols is 2. The molecular formula is C16H15NO3. The van der Waals surface area contributed by atoms with Crippen molar-refractivity contribution in [2.24, 2.45) is 0 Å². The summed E-state index contributed by atoms with van der Waals surface area (Å²) in [5.74, 6) is 0.0796. The van der Waals surface area contributed by atoms with Gasteiger partial charge in [-0.15, -0.1) is 0 Å². The van der Waals surface area contributed by atoms with Gasteiger partial charge in [0.2, 0.25) is 5.91 Å². The maximum Gasteiger partial charge on any atom is 0.244 e. The lowest BCUT2D eigenvalue weighted by molar-refractivity contribution is -0.116. The maximum atomic E-state index is 11.6. The second-order valence-corrected chi connectivity index (χ2v) is 4.28. The average molecular weight is 269 g/mol. The highest BCUT2D eigenvalue weighted by Gasteiger charge is 1.99. The predicted molar refractivity (Wildman–Crippen MR) is 77.1 cm³/mol. The molecule has 1 amide bonds. The molecule has 102 valence electrons. The van der Waals surface area contributed by atoms with Crippen LogP contribution < -0.4 is 5.32 Å². The van der Waals surface area contributed by atoms with Crippen molar-refractivity contribution < 1.29 is 15.0 Å². The molecule has 0 aliphatic rings. The van der Waals surface area contributed by atoms with Crippen LogP contribution >= 0.6 is 0 Å². The standard InChI is InChI=1S/C16H15NO3/c18-14-8-5-12(6-9-14)11-17-16(20)10-7-13-3-1-2-4-15(13)19/h1-10,18-19H,11H2,(H,17,20). The van der Waals surface area contributed by atoms with Gasteiger partial charge < -0.3 is 15.5 Å². The number of benzene rings is 2. The Morgan fingerprint density at radius 2 is 1.75 bits per heavy atom. The highest BCUT2D eigenvalue weighted by molar-refractivity contribution is 5.92. The lowest BCUT2D eigenvalue weighted by Gasteiger charge is -2.03. The molecule has 0 aliphatic heterocycles. The molecule has 0 fully saturated rings. The topological polar surface area (TPSA) is 69.6 Å². The number of carbonyl (C=O) groups is 1. The van der Waals surface area contributed by atoms with Crippen molar-refractivity contribution in [3.63, 3.8) is 0 Å². The van der Waals surface area contributed by atoms with Crippen LogP contribution in [0, 0.1) is 0 Å². The Morgan fingerprint density at radius 1 is 1.05 bits per heavy atom. The summed E-state index contributed by atoms with van der Waals surface area (Å²) in [5, 5.41) is 21.4. The molecule has 0 spiro atoms. The zero-order valence-corrected chi connectivity index (χ0v) is 10.8. The van der Waals surface area contributed by atoms with E-state index in [4.69, 9.17) is 5.11 Å². The SMILES string of the molecule is O=C(C=Cc1ccccc1O)NCc1ccc(O)cc1. The van der Waals surface area contributed by atoms with Gasteiger partial charge in [-0.2, -0.15) is 0 Å². The minimum absolute atomic E-state index is 0.134. The Morgan fingerprint density at radius 3 is 2.45 bits per heavy atom. The largest absolute Gasteiger partial charge is 0.508 e. The molecule has 0 aromatic heterocycles. The minimum atomic E-state index is -0.249. The molecule has 2 aromatic rings. The van der Waals surface area contributed by atoms with Gasteiger partial charge in [-0.25, -0.2) is 0 Å². The summed E-state index contributed by atoms with van der Waals surface area (Å²) >= 11 is 0. The smallest absolute Gasteiger partial charge is 0.244 e. The minimum Gasteiger partial charge on any atom is -0.508 e. The summed E-state index contributed by atoms with van der Waals surface area (Å²) < 4.78 is 0. The number of hydrogen-bond donors (Lipinski definition) is 3. The molecule has 20 heavy (non-hydrogen) atoms. The van der Waals surface area contributed by atoms with Crippen LogP contribution in [-0.4, -0.2) is 16.1 Å². The van der Waals surface area contributed by atoms with E-state index >= 15 is 0 Å². The number of hydrogen-bond acceptors (Lipinski definition) is 3. The summed E-state index contributed by atoms with van der Waals surface area (Å²) in [5.41, 5.74) is 1.49. The fourth-order valence-electron chi connectivity index (χ4n) is 1.66. The van der Waals surface area contributed by atoms with E-state index in [9.17, 15) is 9.90 Å². The van der Waals surface area contributed by atoms with Crippen molar-refractivity contribution in [3.05, 3.63) is 65.7 Å². The summed E-state index contributed by atoms with van der Waals surface area (Å²) in [4.78, 5) is 11.6. The molecule has 3 N–H and O–H groups in total. The molecule has 0 saturated carbocycles. The van der Waals surface area contributed by atoms with Crippen molar-refractivity contribution in [1.82, 2.24) is 5.32 Å². The summed E-state index contributed by atoms with van der Waals surface area (Å²) in [7, 11) is 0. The molecule has 0 heterocycles. The molecule has 0 aliphatic carbocycles. The van der Waals surface area contributed by atoms with Crippen molar-refractivity contribution >= 4 is 12.0 Å². The third-order valence-corrected chi connectivity index (χ3v) is 2.75. The molecule has 4 nitrogen and oxygen atoms in total. The van der Waals surface area contributed by atoms with Gasteiger partial charge in [-0.05, 0) is 29.8 Å². The van der Waals surface area contributed by atoms with Gasteiger partial charge in [0.25, 0.3) is 0 Å². The fraction of sp³-hybridized carbons (Fsp3) is 0.0625. The van der Waals surface area contributed by atoms with E-state index in [0.717, 1.165) is 5.56 Å². The third kappa shape index (κ3) is 3.88. The van der Waals surface area contributed by atoms with E-state index < -0.39 is 0 Å². The highest BCUT2D eigenvalue weighted by Crippen LogP contribution is 2.16. The number of rotatable bonds is 4. The van der Waals surface area contributed by atoms with Crippen LogP contribution in [-0.2, 0) is 11.3 Å². The fourth-order valence-corrected chi connectivity index (χ4v) is 1.66. The summed E-state index contributed by atoms with van der Waals surface area (Å²) in [6.45, 7) is 0.379. The first-order valence-corrected chi connectivity index (χ1v) is 6.17. The average Bonchev–Trinajstić information content (AvgIpc) is 2.46. The first-order chi connectivity index (χ1) is 9.65. The van der Waals surface area contributed by atoms with Gasteiger partial charge in [0, 0.05) is 18.2 Å². The Balaban J connectivity index is 1.90. The number of carbonyl (C=O) groups excluding carboxylic acids is 1. The van der Waals surface area contributed by atoms with Crippen molar-refractivity contribution in [2.75, 3.05) is 0 Å². The summed E-state index contributed by atoms with van der Waals surface area (Å²) in [6, 6.07) is 13.4. The van der Waals surface area contributed by atoms with E-state index in [1.165, 1.54) is 6.08 Å². The van der Waals surface area contributed by atoms with E-state index in [2.05, 4.69) is 5.32 Å². The van der Waals surface area contributed by atoms with E-state index in [1.807, 2.05) is 0 Å². The lowest BCUT2D eigenvalue weighted by Crippen LogP contribution is -2.20. The van der Waals surface area contributed by atoms with Crippen LogP contribution in [0.1, 0.15) is 11.1 Å². The second kappa shape index (κ2) is 6.43. The van der Waals surface area contributed by atoms with Gasteiger partial charge in [0.15, 0.2) is 0 Å². The zero-order valence-electron chi connectivity index (χ0n) is 10.8. The molecule has 0 radical (unpaired) electrons. The Bertz CT molecular complexity index is 618. The van der Waals surface area contributed by atoms with E-state index in [-0.39, 0.29) is 17.4 Å². The molecule has 4 heteroatoms. The number of phenolic OH excluding ortho intramolecular Hbond substituents is 2. The van der Waals surface area contributed by atoms with E-state index in [0.29, 0.717) is 12.1 Å². The molecule has 0 bridgehead atoms. The third-order valence-electron chi connectivity index (χ3n) is 2.75. The zero-order chi connectivity index (χ0) is 14.4. The van der Waals surface area contributed by atoms with Gasteiger partial charge in [0.1, 0.15) is 11.5 Å². The number of nitrogens with one attached hydrogen (secondary N) is 1. The van der Waals surface area contributed by atoms with Crippen molar-refractivity contribution in [3.8, 4) is 11.5 Å². The van der Waals surface area contributed by atoms with E-state index in [1.54, 1.807) is 54.6 Å². The molecule has 0 atom stereocenters. The van der Waals surface area contributed by atoms with Crippen LogP contribution in [0.2, 0.25) is 0 Å². The van der Waals surface area contributed by atoms with Gasteiger partial charge in [-0.3, -0.25) is 4.79 Å². The van der Waals surface area contributed by atoms with Gasteiger partial charge in [-0.1, -0.05) is 30.3 Å². The first kappa shape index (κ1) is 13.7. The number of para-hydroxylation sites is 1. The molecule has 2 rings (SSSR count). The molecular weight excluding hydrogens is 254 g/mol. The predicted octanol–water partition coefficient (Wildman–Crippen LogP) is 2.43. The van der Waals surface area contributed by atoms with Crippen LogP contribution in [0.25, 0.3) is 6.08 Å². The highest BCUT2D eigenvalue weighted by atomic mass is 16.3. The van der Waals surface area contributed by atoms with Crippen LogP contribution in [0.3, 0.4) is 0 Å². The molecule has 0 saturated heterocycles. The monoisotopic (exact) mass is 269 g/mol. The van der Waals surface area contributed by atoms with Crippen LogP contribution in [0.15, 0.2) is 54.6 Å². The lowest BCUT2D eigenvalue weighted by atomic mass is 10.2. The van der Waals surface area contributed by atoms with Crippen molar-refractivity contribution in [1.29, 1.82) is 0 Å².